The number of methoxy groups -OCH3 is 1. The number of piperidine rings is 1. The molecular formula is C20H27N3O3S. The number of pyridine rings is 1. The number of benzene rings is 1. The number of nitrogens with one attached hydrogen (secondary N) is 1. The third kappa shape index (κ3) is 5.28. The van der Waals surface area contributed by atoms with Crippen LogP contribution in [0.3, 0.4) is 0 Å². The maximum Gasteiger partial charge on any atom is 0.240 e. The number of aromatic nitrogens is 1. The van der Waals surface area contributed by atoms with Crippen LogP contribution in [0.15, 0.2) is 47.6 Å². The monoisotopic (exact) mass is 389 g/mol. The fraction of sp³-hybridized carbons (Fsp3) is 0.450. The summed E-state index contributed by atoms with van der Waals surface area (Å²) in [6.07, 6.45) is 5.62. The Bertz CT molecular complexity index is 848. The van der Waals surface area contributed by atoms with Gasteiger partial charge in [-0.05, 0) is 80.2 Å². The van der Waals surface area contributed by atoms with Gasteiger partial charge in [0.25, 0.3) is 0 Å². The number of aryl methyl sites for hydroxylation is 1. The predicted molar refractivity (Wildman–Crippen MR) is 105 cm³/mol. The highest BCUT2D eigenvalue weighted by molar-refractivity contribution is 7.89. The molecule has 1 aliphatic rings. The van der Waals surface area contributed by atoms with Crippen LogP contribution in [0.1, 0.15) is 24.0 Å². The van der Waals surface area contributed by atoms with Gasteiger partial charge in [-0.2, -0.15) is 0 Å². The molecule has 0 atom stereocenters. The van der Waals surface area contributed by atoms with Gasteiger partial charge in [-0.3, -0.25) is 9.88 Å². The van der Waals surface area contributed by atoms with Crippen LogP contribution in [-0.4, -0.2) is 45.0 Å². The smallest absolute Gasteiger partial charge is 0.240 e. The van der Waals surface area contributed by atoms with Crippen molar-refractivity contribution in [3.8, 4) is 5.75 Å². The number of rotatable bonds is 7. The summed E-state index contributed by atoms with van der Waals surface area (Å²) in [6.45, 7) is 5.21. The molecule has 0 amide bonds. The molecule has 1 aromatic carbocycles. The first-order valence-electron chi connectivity index (χ1n) is 9.23. The number of nitrogens with zero attached hydrogens (tertiary/aromatic N) is 2. The first-order chi connectivity index (χ1) is 13.0. The van der Waals surface area contributed by atoms with E-state index in [2.05, 4.69) is 14.6 Å². The maximum atomic E-state index is 12.6. The highest BCUT2D eigenvalue weighted by Crippen LogP contribution is 2.22. The van der Waals surface area contributed by atoms with E-state index in [-0.39, 0.29) is 4.90 Å². The van der Waals surface area contributed by atoms with Gasteiger partial charge in [0.05, 0.1) is 12.0 Å². The van der Waals surface area contributed by atoms with Crippen LogP contribution in [0.5, 0.6) is 5.75 Å². The van der Waals surface area contributed by atoms with Gasteiger partial charge in [0, 0.05) is 25.5 Å². The van der Waals surface area contributed by atoms with E-state index in [1.807, 2.05) is 31.5 Å². The molecule has 0 unspecified atom stereocenters. The Hall–Kier alpha value is -1.96. The standard InChI is InChI=1S/C20H27N3O3S/c1-16-13-19(3-4-20(16)26-2)27(24,25)22-14-17-7-11-23(12-8-17)15-18-5-9-21-10-6-18/h3-6,9-10,13,17,22H,7-8,11-12,14-15H2,1-2H3. The molecule has 1 aliphatic heterocycles. The average Bonchev–Trinajstić information content (AvgIpc) is 2.68. The third-order valence-electron chi connectivity index (χ3n) is 5.10. The molecule has 0 bridgehead atoms. The maximum absolute atomic E-state index is 12.6. The molecule has 1 saturated heterocycles. The lowest BCUT2D eigenvalue weighted by Crippen LogP contribution is -2.38. The van der Waals surface area contributed by atoms with Crippen molar-refractivity contribution < 1.29 is 13.2 Å². The van der Waals surface area contributed by atoms with Crippen molar-refractivity contribution in [1.82, 2.24) is 14.6 Å². The minimum atomic E-state index is -3.50. The molecule has 6 nitrogen and oxygen atoms in total. The summed E-state index contributed by atoms with van der Waals surface area (Å²) in [5.41, 5.74) is 2.07. The Morgan fingerprint density at radius 3 is 2.52 bits per heavy atom. The molecule has 1 aromatic heterocycles. The van der Waals surface area contributed by atoms with Gasteiger partial charge in [-0.25, -0.2) is 13.1 Å². The summed E-state index contributed by atoms with van der Waals surface area (Å²) >= 11 is 0. The van der Waals surface area contributed by atoms with E-state index in [4.69, 9.17) is 4.74 Å². The molecule has 2 heterocycles. The summed E-state index contributed by atoms with van der Waals surface area (Å²) in [7, 11) is -1.92. The van der Waals surface area contributed by atoms with Gasteiger partial charge in [-0.15, -0.1) is 0 Å². The fourth-order valence-electron chi connectivity index (χ4n) is 3.42. The molecule has 0 spiro atoms. The van der Waals surface area contributed by atoms with E-state index >= 15 is 0 Å². The number of hydrogen-bond donors (Lipinski definition) is 1. The highest BCUT2D eigenvalue weighted by Gasteiger charge is 2.22. The summed E-state index contributed by atoms with van der Waals surface area (Å²) in [5, 5.41) is 0. The number of ether oxygens (including phenoxy) is 1. The molecule has 2 aromatic rings. The quantitative estimate of drug-likeness (QED) is 0.788. The minimum absolute atomic E-state index is 0.288. The molecule has 7 heteroatoms. The van der Waals surface area contributed by atoms with Gasteiger partial charge in [-0.1, -0.05) is 0 Å². The van der Waals surface area contributed by atoms with E-state index < -0.39 is 10.0 Å². The van der Waals surface area contributed by atoms with Crippen LogP contribution in [0.2, 0.25) is 0 Å². The predicted octanol–water partition coefficient (Wildman–Crippen LogP) is 2.59. The number of sulfonamides is 1. The van der Waals surface area contributed by atoms with Crippen molar-refractivity contribution >= 4 is 10.0 Å². The lowest BCUT2D eigenvalue weighted by atomic mass is 9.97. The summed E-state index contributed by atoms with van der Waals surface area (Å²) in [5.74, 6) is 1.06. The van der Waals surface area contributed by atoms with Crippen molar-refractivity contribution in [3.63, 3.8) is 0 Å². The van der Waals surface area contributed by atoms with Crippen molar-refractivity contribution in [1.29, 1.82) is 0 Å². The van der Waals surface area contributed by atoms with E-state index in [0.29, 0.717) is 18.2 Å². The van der Waals surface area contributed by atoms with Gasteiger partial charge >= 0.3 is 0 Å². The average molecular weight is 390 g/mol. The van der Waals surface area contributed by atoms with Crippen molar-refractivity contribution in [2.24, 2.45) is 5.92 Å². The van der Waals surface area contributed by atoms with Crippen molar-refractivity contribution in [2.75, 3.05) is 26.7 Å². The number of likely N-dealkylation sites (tertiary alicyclic amines) is 1. The second-order valence-electron chi connectivity index (χ2n) is 7.06. The molecule has 146 valence electrons. The Kier molecular flexibility index (Phi) is 6.46. The zero-order valence-corrected chi connectivity index (χ0v) is 16.7. The largest absolute Gasteiger partial charge is 0.496 e. The van der Waals surface area contributed by atoms with E-state index in [1.54, 1.807) is 25.3 Å². The van der Waals surface area contributed by atoms with Crippen LogP contribution in [0.25, 0.3) is 0 Å². The molecule has 1 N–H and O–H groups in total. The Balaban J connectivity index is 1.50. The lowest BCUT2D eigenvalue weighted by Gasteiger charge is -2.32. The Morgan fingerprint density at radius 1 is 1.19 bits per heavy atom. The summed E-state index contributed by atoms with van der Waals surface area (Å²) in [4.78, 5) is 6.74. The second-order valence-corrected chi connectivity index (χ2v) is 8.83. The fourth-order valence-corrected chi connectivity index (χ4v) is 4.62. The minimum Gasteiger partial charge on any atom is -0.496 e. The van der Waals surface area contributed by atoms with Gasteiger partial charge in [0.15, 0.2) is 0 Å². The Morgan fingerprint density at radius 2 is 1.89 bits per heavy atom. The van der Waals surface area contributed by atoms with Crippen molar-refractivity contribution in [2.45, 2.75) is 31.2 Å². The zero-order chi connectivity index (χ0) is 19.3. The molecule has 1 fully saturated rings. The van der Waals surface area contributed by atoms with Crippen LogP contribution in [0, 0.1) is 12.8 Å². The zero-order valence-electron chi connectivity index (χ0n) is 15.9. The van der Waals surface area contributed by atoms with Crippen LogP contribution >= 0.6 is 0 Å². The van der Waals surface area contributed by atoms with Gasteiger partial charge < -0.3 is 4.74 Å². The van der Waals surface area contributed by atoms with Crippen LogP contribution in [0.4, 0.5) is 0 Å². The SMILES string of the molecule is COc1ccc(S(=O)(=O)NCC2CCN(Cc3ccncc3)CC2)cc1C. The molecular weight excluding hydrogens is 362 g/mol. The van der Waals surface area contributed by atoms with E-state index in [1.165, 1.54) is 5.56 Å². The molecule has 0 saturated carbocycles. The normalized spacial score (nSPS) is 16.4. The highest BCUT2D eigenvalue weighted by atomic mass is 32.2. The molecule has 0 aliphatic carbocycles. The van der Waals surface area contributed by atoms with Crippen molar-refractivity contribution in [3.05, 3.63) is 53.9 Å². The van der Waals surface area contributed by atoms with E-state index in [9.17, 15) is 8.42 Å². The van der Waals surface area contributed by atoms with Gasteiger partial charge in [0.1, 0.15) is 5.75 Å². The lowest BCUT2D eigenvalue weighted by molar-refractivity contribution is 0.178. The third-order valence-corrected chi connectivity index (χ3v) is 6.52. The van der Waals surface area contributed by atoms with Gasteiger partial charge in [0.2, 0.25) is 10.0 Å². The molecule has 27 heavy (non-hydrogen) atoms. The number of hydrogen-bond acceptors (Lipinski definition) is 5. The first-order valence-corrected chi connectivity index (χ1v) is 10.7. The molecule has 3 rings (SSSR count). The van der Waals surface area contributed by atoms with Crippen LogP contribution < -0.4 is 9.46 Å². The summed E-state index contributed by atoms with van der Waals surface area (Å²) < 4.78 is 33.1. The Labute approximate surface area is 161 Å². The second kappa shape index (κ2) is 8.82. The first kappa shape index (κ1) is 19.8. The topological polar surface area (TPSA) is 71.5 Å². The van der Waals surface area contributed by atoms with Crippen LogP contribution in [-0.2, 0) is 16.6 Å². The molecule has 0 radical (unpaired) electrons. The summed E-state index contributed by atoms with van der Waals surface area (Å²) in [6, 6.07) is 9.01. The van der Waals surface area contributed by atoms with E-state index in [0.717, 1.165) is 38.0 Å².